The number of rotatable bonds is 1. The minimum atomic E-state index is 0.921. The van der Waals surface area contributed by atoms with E-state index in [1.165, 1.54) is 10.2 Å². The number of para-hydroxylation sites is 1. The molecule has 1 aromatic carbocycles. The van der Waals surface area contributed by atoms with Gasteiger partial charge in [-0.1, -0.05) is 23.5 Å². The fourth-order valence-electron chi connectivity index (χ4n) is 1.29. The van der Waals surface area contributed by atoms with E-state index >= 15 is 0 Å². The lowest BCUT2D eigenvalue weighted by molar-refractivity contribution is 0.889. The summed E-state index contributed by atoms with van der Waals surface area (Å²) in [7, 11) is 2.00. The van der Waals surface area contributed by atoms with Gasteiger partial charge in [-0.3, -0.25) is 0 Å². The summed E-state index contributed by atoms with van der Waals surface area (Å²) in [5, 5.41) is 8.00. The maximum absolute atomic E-state index is 4.11. The SMILES string of the molecule is C/C=N\N=c1\sc2ccccc2n1C. The predicted octanol–water partition coefficient (Wildman–Crippen LogP) is 2.15. The summed E-state index contributed by atoms with van der Waals surface area (Å²) in [4.78, 5) is 0.921. The number of benzene rings is 1. The molecular weight excluding hydrogens is 194 g/mol. The summed E-state index contributed by atoms with van der Waals surface area (Å²) >= 11 is 1.65. The third kappa shape index (κ3) is 1.48. The highest BCUT2D eigenvalue weighted by Gasteiger charge is 1.99. The van der Waals surface area contributed by atoms with Crippen molar-refractivity contribution in [2.75, 3.05) is 0 Å². The van der Waals surface area contributed by atoms with Crippen LogP contribution in [-0.4, -0.2) is 10.8 Å². The van der Waals surface area contributed by atoms with Crippen LogP contribution in [0.15, 0.2) is 34.5 Å². The Hall–Kier alpha value is -1.42. The van der Waals surface area contributed by atoms with Crippen molar-refractivity contribution < 1.29 is 0 Å². The number of nitrogens with zero attached hydrogens (tertiary/aromatic N) is 3. The molecule has 4 heteroatoms. The third-order valence-corrected chi connectivity index (χ3v) is 3.08. The number of thiazole rings is 1. The van der Waals surface area contributed by atoms with E-state index in [0.29, 0.717) is 0 Å². The van der Waals surface area contributed by atoms with E-state index < -0.39 is 0 Å². The first-order valence-electron chi connectivity index (χ1n) is 4.39. The minimum absolute atomic E-state index is 0.921. The molecule has 0 spiro atoms. The molecule has 3 nitrogen and oxygen atoms in total. The lowest BCUT2D eigenvalue weighted by Crippen LogP contribution is -2.08. The van der Waals surface area contributed by atoms with Crippen molar-refractivity contribution in [3.05, 3.63) is 29.1 Å². The number of hydrogen-bond acceptors (Lipinski definition) is 3. The van der Waals surface area contributed by atoms with Crippen LogP contribution in [0.5, 0.6) is 0 Å². The lowest BCUT2D eigenvalue weighted by atomic mass is 10.3. The maximum Gasteiger partial charge on any atom is 0.211 e. The zero-order valence-electron chi connectivity index (χ0n) is 8.14. The van der Waals surface area contributed by atoms with Crippen LogP contribution < -0.4 is 4.80 Å². The number of aromatic nitrogens is 1. The first kappa shape index (κ1) is 9.15. The average molecular weight is 205 g/mol. The Kier molecular flexibility index (Phi) is 2.45. The normalized spacial score (nSPS) is 13.1. The fourth-order valence-corrected chi connectivity index (χ4v) is 2.26. The summed E-state index contributed by atoms with van der Waals surface area (Å²) < 4.78 is 3.28. The summed E-state index contributed by atoms with van der Waals surface area (Å²) in [5.41, 5.74) is 1.20. The molecule has 0 fully saturated rings. The highest BCUT2D eigenvalue weighted by atomic mass is 32.1. The van der Waals surface area contributed by atoms with E-state index in [1.54, 1.807) is 17.6 Å². The molecule has 0 aliphatic rings. The molecule has 72 valence electrons. The molecule has 0 bridgehead atoms. The molecular formula is C10H11N3S. The molecule has 1 heterocycles. The Bertz CT molecular complexity index is 534. The smallest absolute Gasteiger partial charge is 0.211 e. The summed E-state index contributed by atoms with van der Waals surface area (Å²) in [5.74, 6) is 0. The zero-order valence-corrected chi connectivity index (χ0v) is 8.95. The molecule has 0 saturated heterocycles. The van der Waals surface area contributed by atoms with Crippen molar-refractivity contribution in [2.24, 2.45) is 17.3 Å². The van der Waals surface area contributed by atoms with E-state index in [-0.39, 0.29) is 0 Å². The largest absolute Gasteiger partial charge is 0.318 e. The van der Waals surface area contributed by atoms with Gasteiger partial charge in [0.25, 0.3) is 0 Å². The van der Waals surface area contributed by atoms with Gasteiger partial charge >= 0.3 is 0 Å². The number of hydrogen-bond donors (Lipinski definition) is 0. The van der Waals surface area contributed by atoms with Gasteiger partial charge in [-0.15, -0.1) is 5.10 Å². The molecule has 0 unspecified atom stereocenters. The maximum atomic E-state index is 4.11. The summed E-state index contributed by atoms with van der Waals surface area (Å²) in [6, 6.07) is 8.24. The highest BCUT2D eigenvalue weighted by Crippen LogP contribution is 2.14. The van der Waals surface area contributed by atoms with Gasteiger partial charge in [0.05, 0.1) is 10.2 Å². The van der Waals surface area contributed by atoms with Crippen LogP contribution in [0, 0.1) is 0 Å². The lowest BCUT2D eigenvalue weighted by Gasteiger charge is -1.91. The van der Waals surface area contributed by atoms with Gasteiger partial charge in [0.2, 0.25) is 4.80 Å². The fraction of sp³-hybridized carbons (Fsp3) is 0.200. The Labute approximate surface area is 86.0 Å². The summed E-state index contributed by atoms with van der Waals surface area (Å²) in [6.45, 7) is 1.86. The second-order valence-corrected chi connectivity index (χ2v) is 3.89. The molecule has 1 aromatic heterocycles. The van der Waals surface area contributed by atoms with Gasteiger partial charge in [0.15, 0.2) is 0 Å². The van der Waals surface area contributed by atoms with Gasteiger partial charge in [0.1, 0.15) is 0 Å². The molecule has 0 N–H and O–H groups in total. The number of fused-ring (bicyclic) bond motifs is 1. The Morgan fingerprint density at radius 1 is 1.36 bits per heavy atom. The molecule has 0 atom stereocenters. The Morgan fingerprint density at radius 2 is 2.14 bits per heavy atom. The van der Waals surface area contributed by atoms with E-state index in [0.717, 1.165) is 4.80 Å². The monoisotopic (exact) mass is 205 g/mol. The standard InChI is InChI=1S/C10H11N3S/c1-3-11-12-10-13(2)8-6-4-5-7-9(8)14-10/h3-7H,1-2H3/b11-3-,12-10+. The highest BCUT2D eigenvalue weighted by molar-refractivity contribution is 7.16. The van der Waals surface area contributed by atoms with Crippen molar-refractivity contribution in [3.8, 4) is 0 Å². The van der Waals surface area contributed by atoms with Crippen LogP contribution in [0.25, 0.3) is 10.2 Å². The quantitative estimate of drug-likeness (QED) is 0.504. The van der Waals surface area contributed by atoms with Crippen LogP contribution in [0.4, 0.5) is 0 Å². The first-order chi connectivity index (χ1) is 6.83. The van der Waals surface area contributed by atoms with E-state index in [4.69, 9.17) is 0 Å². The van der Waals surface area contributed by atoms with Crippen molar-refractivity contribution in [1.82, 2.24) is 4.57 Å². The topological polar surface area (TPSA) is 29.6 Å². The molecule has 2 rings (SSSR count). The average Bonchev–Trinajstić information content (AvgIpc) is 2.54. The van der Waals surface area contributed by atoms with Crippen LogP contribution in [0.3, 0.4) is 0 Å². The van der Waals surface area contributed by atoms with Gasteiger partial charge in [-0.2, -0.15) is 5.10 Å². The van der Waals surface area contributed by atoms with E-state index in [9.17, 15) is 0 Å². The molecule has 14 heavy (non-hydrogen) atoms. The Morgan fingerprint density at radius 3 is 2.86 bits per heavy atom. The predicted molar refractivity (Wildman–Crippen MR) is 60.5 cm³/mol. The van der Waals surface area contributed by atoms with Gasteiger partial charge in [-0.05, 0) is 19.1 Å². The van der Waals surface area contributed by atoms with Crippen LogP contribution in [0.2, 0.25) is 0 Å². The third-order valence-electron chi connectivity index (χ3n) is 1.97. The zero-order chi connectivity index (χ0) is 9.97. The van der Waals surface area contributed by atoms with E-state index in [1.807, 2.05) is 30.7 Å². The molecule has 2 aromatic rings. The second-order valence-electron chi connectivity index (χ2n) is 2.89. The number of aryl methyl sites for hydroxylation is 1. The first-order valence-corrected chi connectivity index (χ1v) is 5.21. The van der Waals surface area contributed by atoms with Crippen molar-refractivity contribution in [2.45, 2.75) is 6.92 Å². The second kappa shape index (κ2) is 3.75. The molecule has 0 amide bonds. The van der Waals surface area contributed by atoms with Crippen LogP contribution >= 0.6 is 11.3 Å². The van der Waals surface area contributed by atoms with Gasteiger partial charge in [0, 0.05) is 13.3 Å². The Balaban J connectivity index is 2.74. The van der Waals surface area contributed by atoms with E-state index in [2.05, 4.69) is 22.3 Å². The molecule has 0 saturated carbocycles. The minimum Gasteiger partial charge on any atom is -0.318 e. The van der Waals surface area contributed by atoms with Gasteiger partial charge < -0.3 is 4.57 Å². The van der Waals surface area contributed by atoms with Crippen LogP contribution in [0.1, 0.15) is 6.92 Å². The molecule has 0 aliphatic heterocycles. The molecule has 0 radical (unpaired) electrons. The van der Waals surface area contributed by atoms with Gasteiger partial charge in [-0.25, -0.2) is 0 Å². The van der Waals surface area contributed by atoms with Crippen molar-refractivity contribution in [1.29, 1.82) is 0 Å². The van der Waals surface area contributed by atoms with Crippen molar-refractivity contribution in [3.63, 3.8) is 0 Å². The van der Waals surface area contributed by atoms with Crippen molar-refractivity contribution >= 4 is 27.8 Å². The molecule has 0 aliphatic carbocycles. The van der Waals surface area contributed by atoms with Crippen LogP contribution in [-0.2, 0) is 7.05 Å². The summed E-state index contributed by atoms with van der Waals surface area (Å²) in [6.07, 6.45) is 1.68.